The van der Waals surface area contributed by atoms with Gasteiger partial charge in [0, 0.05) is 37.1 Å². The van der Waals surface area contributed by atoms with Crippen LogP contribution in [0.3, 0.4) is 0 Å². The van der Waals surface area contributed by atoms with E-state index in [0.29, 0.717) is 5.69 Å². The van der Waals surface area contributed by atoms with Gasteiger partial charge in [0.2, 0.25) is 0 Å². The van der Waals surface area contributed by atoms with Crippen LogP contribution >= 0.6 is 0 Å². The fourth-order valence-electron chi connectivity index (χ4n) is 3.80. The van der Waals surface area contributed by atoms with Gasteiger partial charge in [-0.25, -0.2) is 13.9 Å². The summed E-state index contributed by atoms with van der Waals surface area (Å²) in [4.78, 5) is 26.6. The summed E-state index contributed by atoms with van der Waals surface area (Å²) in [5.74, 6) is -1.65. The zero-order valence-corrected chi connectivity index (χ0v) is 16.7. The molecule has 9 heteroatoms. The third kappa shape index (κ3) is 4.20. The van der Waals surface area contributed by atoms with Crippen LogP contribution in [0, 0.1) is 11.7 Å². The largest absolute Gasteiger partial charge is 0.508 e. The third-order valence-electron chi connectivity index (χ3n) is 5.38. The van der Waals surface area contributed by atoms with Gasteiger partial charge in [-0.3, -0.25) is 4.79 Å². The summed E-state index contributed by atoms with van der Waals surface area (Å²) in [5.41, 5.74) is 1.38. The summed E-state index contributed by atoms with van der Waals surface area (Å²) in [6.07, 6.45) is 3.17. The standard InChI is InChI=1S/C22H21FN4O4/c1-31-21(29)18-13-26(12-17(18)14-3-6-16(28)7-4-14)22(30)25-15-5-8-20(19(23)11-15)27-10-2-9-24-27/h2-11,17-18,28H,12-13H2,1H3,(H,25,30)/t17-,18+/m0/s1. The second kappa shape index (κ2) is 8.47. The van der Waals surface area contributed by atoms with E-state index in [1.165, 1.54) is 41.0 Å². The number of aromatic nitrogens is 2. The Morgan fingerprint density at radius 2 is 1.97 bits per heavy atom. The normalized spacial score (nSPS) is 18.1. The van der Waals surface area contributed by atoms with Crippen LogP contribution in [0.25, 0.3) is 5.69 Å². The minimum absolute atomic E-state index is 0.117. The third-order valence-corrected chi connectivity index (χ3v) is 5.38. The average molecular weight is 424 g/mol. The number of phenolic OH excluding ortho intramolecular Hbond substituents is 1. The number of methoxy groups -OCH3 is 1. The first kappa shape index (κ1) is 20.4. The van der Waals surface area contributed by atoms with Gasteiger partial charge in [0.05, 0.1) is 13.0 Å². The molecule has 0 spiro atoms. The molecule has 0 unspecified atom stereocenters. The van der Waals surface area contributed by atoms with E-state index in [9.17, 15) is 19.1 Å². The molecule has 31 heavy (non-hydrogen) atoms. The molecule has 0 aliphatic carbocycles. The number of rotatable bonds is 4. The Hall–Kier alpha value is -3.88. The van der Waals surface area contributed by atoms with Crippen molar-refractivity contribution in [2.75, 3.05) is 25.5 Å². The van der Waals surface area contributed by atoms with Crippen molar-refractivity contribution in [3.8, 4) is 11.4 Å². The number of anilines is 1. The Kier molecular flexibility index (Phi) is 5.57. The highest BCUT2D eigenvalue weighted by Gasteiger charge is 2.41. The summed E-state index contributed by atoms with van der Waals surface area (Å²) < 4.78 is 20.8. The molecule has 2 aromatic carbocycles. The Morgan fingerprint density at radius 1 is 1.19 bits per heavy atom. The highest BCUT2D eigenvalue weighted by molar-refractivity contribution is 5.90. The number of nitrogens with one attached hydrogen (secondary N) is 1. The van der Waals surface area contributed by atoms with Crippen LogP contribution in [0.15, 0.2) is 60.9 Å². The molecule has 160 valence electrons. The minimum atomic E-state index is -0.542. The molecule has 3 aromatic rings. The lowest BCUT2D eigenvalue weighted by molar-refractivity contribution is -0.145. The van der Waals surface area contributed by atoms with Gasteiger partial charge in [-0.1, -0.05) is 12.1 Å². The van der Waals surface area contributed by atoms with Gasteiger partial charge in [0.1, 0.15) is 11.4 Å². The number of hydrogen-bond acceptors (Lipinski definition) is 5. The van der Waals surface area contributed by atoms with Crippen molar-refractivity contribution in [2.24, 2.45) is 5.92 Å². The first-order valence-electron chi connectivity index (χ1n) is 9.68. The second-order valence-corrected chi connectivity index (χ2v) is 7.28. The van der Waals surface area contributed by atoms with Crippen LogP contribution < -0.4 is 5.32 Å². The molecule has 1 aromatic heterocycles. The maximum atomic E-state index is 14.5. The van der Waals surface area contributed by atoms with Crippen LogP contribution in [-0.4, -0.2) is 52.0 Å². The average Bonchev–Trinajstić information content (AvgIpc) is 3.44. The molecule has 1 saturated heterocycles. The van der Waals surface area contributed by atoms with Gasteiger partial charge < -0.3 is 20.1 Å². The van der Waals surface area contributed by atoms with Crippen molar-refractivity contribution >= 4 is 17.7 Å². The first-order chi connectivity index (χ1) is 15.0. The SMILES string of the molecule is COC(=O)[C@@H]1CN(C(=O)Nc2ccc(-n3cccn3)c(F)c2)C[C@H]1c1ccc(O)cc1. The quantitative estimate of drug-likeness (QED) is 0.628. The van der Waals surface area contributed by atoms with Crippen molar-refractivity contribution in [1.29, 1.82) is 0 Å². The lowest BCUT2D eigenvalue weighted by Gasteiger charge is -2.18. The van der Waals surface area contributed by atoms with Crippen molar-refractivity contribution in [1.82, 2.24) is 14.7 Å². The zero-order valence-electron chi connectivity index (χ0n) is 16.7. The summed E-state index contributed by atoms with van der Waals surface area (Å²) in [7, 11) is 1.31. The van der Waals surface area contributed by atoms with Crippen LogP contribution in [0.5, 0.6) is 5.75 Å². The second-order valence-electron chi connectivity index (χ2n) is 7.28. The molecule has 1 aliphatic heterocycles. The molecule has 1 aliphatic rings. The Morgan fingerprint density at radius 3 is 2.61 bits per heavy atom. The highest BCUT2D eigenvalue weighted by atomic mass is 19.1. The Bertz CT molecular complexity index is 1090. The molecular weight excluding hydrogens is 403 g/mol. The molecule has 0 bridgehead atoms. The Balaban J connectivity index is 1.50. The van der Waals surface area contributed by atoms with Crippen LogP contribution in [0.2, 0.25) is 0 Å². The number of nitrogens with zero attached hydrogens (tertiary/aromatic N) is 3. The van der Waals surface area contributed by atoms with Crippen molar-refractivity contribution in [2.45, 2.75) is 5.92 Å². The highest BCUT2D eigenvalue weighted by Crippen LogP contribution is 2.34. The number of benzene rings is 2. The molecule has 2 heterocycles. The number of phenols is 1. The first-order valence-corrected chi connectivity index (χ1v) is 9.68. The maximum Gasteiger partial charge on any atom is 0.321 e. The molecule has 2 N–H and O–H groups in total. The number of esters is 1. The molecular formula is C22H21FN4O4. The topological polar surface area (TPSA) is 96.7 Å². The van der Waals surface area contributed by atoms with Crippen LogP contribution in [-0.2, 0) is 9.53 Å². The van der Waals surface area contributed by atoms with Gasteiger partial charge >= 0.3 is 12.0 Å². The lowest BCUT2D eigenvalue weighted by atomic mass is 9.89. The summed E-state index contributed by atoms with van der Waals surface area (Å²) in [5, 5.41) is 16.2. The summed E-state index contributed by atoms with van der Waals surface area (Å²) in [6.45, 7) is 0.447. The van der Waals surface area contributed by atoms with Gasteiger partial charge in [-0.05, 0) is 42.0 Å². The van der Waals surface area contributed by atoms with E-state index < -0.39 is 23.7 Å². The van der Waals surface area contributed by atoms with Gasteiger partial charge in [0.15, 0.2) is 5.82 Å². The molecule has 8 nitrogen and oxygen atoms in total. The lowest BCUT2D eigenvalue weighted by Crippen LogP contribution is -2.34. The molecule has 2 amide bonds. The van der Waals surface area contributed by atoms with E-state index >= 15 is 0 Å². The minimum Gasteiger partial charge on any atom is -0.508 e. The van der Waals surface area contributed by atoms with Crippen molar-refractivity contribution < 1.29 is 23.8 Å². The molecule has 2 atom stereocenters. The van der Waals surface area contributed by atoms with Gasteiger partial charge in [0.25, 0.3) is 0 Å². The van der Waals surface area contributed by atoms with Crippen molar-refractivity contribution in [3.63, 3.8) is 0 Å². The number of carbonyl (C=O) groups excluding carboxylic acids is 2. The summed E-state index contributed by atoms with van der Waals surface area (Å²) in [6, 6.07) is 12.1. The van der Waals surface area contributed by atoms with Gasteiger partial charge in [-0.2, -0.15) is 5.10 Å². The Labute approximate surface area is 177 Å². The number of likely N-dealkylation sites (tertiary alicyclic amines) is 1. The van der Waals surface area contributed by atoms with Crippen molar-refractivity contribution in [3.05, 3.63) is 72.3 Å². The predicted molar refractivity (Wildman–Crippen MR) is 110 cm³/mol. The molecule has 1 fully saturated rings. The fourth-order valence-corrected chi connectivity index (χ4v) is 3.80. The molecule has 0 saturated carbocycles. The molecule has 4 rings (SSSR count). The maximum absolute atomic E-state index is 14.5. The van der Waals surface area contributed by atoms with Crippen LogP contribution in [0.4, 0.5) is 14.9 Å². The number of halogens is 1. The van der Waals surface area contributed by atoms with E-state index in [-0.39, 0.29) is 30.4 Å². The van der Waals surface area contributed by atoms with Crippen LogP contribution in [0.1, 0.15) is 11.5 Å². The van der Waals surface area contributed by atoms with E-state index in [0.717, 1.165) is 5.56 Å². The smallest absolute Gasteiger partial charge is 0.321 e. The summed E-state index contributed by atoms with van der Waals surface area (Å²) >= 11 is 0. The molecule has 0 radical (unpaired) electrons. The predicted octanol–water partition coefficient (Wildman–Crippen LogP) is 3.14. The number of carbonyl (C=O) groups is 2. The monoisotopic (exact) mass is 424 g/mol. The number of amides is 2. The van der Waals surface area contributed by atoms with E-state index in [1.54, 1.807) is 36.7 Å². The fraction of sp³-hybridized carbons (Fsp3) is 0.227. The number of urea groups is 1. The van der Waals surface area contributed by atoms with Gasteiger partial charge in [-0.15, -0.1) is 0 Å². The van der Waals surface area contributed by atoms with E-state index in [1.807, 2.05) is 0 Å². The number of hydrogen-bond donors (Lipinski definition) is 2. The van der Waals surface area contributed by atoms with E-state index in [4.69, 9.17) is 4.74 Å². The van der Waals surface area contributed by atoms with E-state index in [2.05, 4.69) is 10.4 Å². The number of aromatic hydroxyl groups is 1. The zero-order chi connectivity index (χ0) is 22.0. The number of ether oxygens (including phenoxy) is 1.